The van der Waals surface area contributed by atoms with Crippen molar-refractivity contribution in [1.82, 2.24) is 9.55 Å². The molecule has 2 heterocycles. The largest absolute Gasteiger partial charge is 0.394 e. The monoisotopic (exact) mass is 264 g/mol. The molecular weight excluding hydrogens is 254 g/mol. The van der Waals surface area contributed by atoms with E-state index < -0.39 is 30.0 Å². The van der Waals surface area contributed by atoms with Crippen LogP contribution in [0.1, 0.15) is 12.6 Å². The molecule has 0 spiro atoms. The van der Waals surface area contributed by atoms with Crippen molar-refractivity contribution in [2.24, 2.45) is 0 Å². The Balaban J connectivity index is 2.38. The minimum Gasteiger partial charge on any atom is -0.394 e. The first-order valence-electron chi connectivity index (χ1n) is 4.94. The van der Waals surface area contributed by atoms with Crippen LogP contribution in [0.25, 0.3) is 0 Å². The topological polar surface area (TPSA) is 67.2 Å². The minimum atomic E-state index is -1.48. The normalized spacial score (nSPS) is 28.5. The molecule has 2 N–H and O–H groups in total. The fraction of sp³-hybridized carbons (Fsp3) is 0.556. The molecule has 1 saturated heterocycles. The van der Waals surface area contributed by atoms with Crippen LogP contribution in [0.4, 0.5) is 8.78 Å². The number of aliphatic hydroxyl groups excluding tert-OH is 1. The minimum absolute atomic E-state index is 0.0369. The summed E-state index contributed by atoms with van der Waals surface area (Å²) < 4.78 is 32.3. The van der Waals surface area contributed by atoms with Gasteiger partial charge in [-0.2, -0.15) is 0 Å². The molecule has 1 fully saturated rings. The first kappa shape index (κ1) is 12.3. The number of hydrogen-bond acceptors (Lipinski definition) is 4. The Morgan fingerprint density at radius 2 is 2.41 bits per heavy atom. The number of nitrogens with zero attached hydrogens (tertiary/aromatic N) is 1. The molecule has 8 heteroatoms. The number of aliphatic hydroxyl groups is 1. The predicted octanol–water partition coefficient (Wildman–Crippen LogP) is 0.663. The van der Waals surface area contributed by atoms with Gasteiger partial charge >= 0.3 is 5.69 Å². The zero-order valence-electron chi connectivity index (χ0n) is 8.60. The molecule has 5 nitrogen and oxygen atoms in total. The van der Waals surface area contributed by atoms with Crippen LogP contribution >= 0.6 is 12.2 Å². The Morgan fingerprint density at radius 1 is 1.71 bits per heavy atom. The number of aromatic amines is 1. The Morgan fingerprint density at radius 3 is 3.00 bits per heavy atom. The molecule has 0 radical (unpaired) electrons. The van der Waals surface area contributed by atoms with Gasteiger partial charge in [0.15, 0.2) is 12.0 Å². The van der Waals surface area contributed by atoms with Crippen molar-refractivity contribution in [1.29, 1.82) is 0 Å². The molecule has 1 aliphatic rings. The molecule has 0 bridgehead atoms. The van der Waals surface area contributed by atoms with E-state index in [2.05, 4.69) is 17.2 Å². The summed E-state index contributed by atoms with van der Waals surface area (Å²) in [6.45, 7) is -0.350. The molecule has 0 aliphatic carbocycles. The molecule has 3 atom stereocenters. The van der Waals surface area contributed by atoms with Crippen molar-refractivity contribution in [2.45, 2.75) is 24.9 Å². The second-order valence-corrected chi connectivity index (χ2v) is 4.13. The zero-order valence-corrected chi connectivity index (χ0v) is 9.42. The summed E-state index contributed by atoms with van der Waals surface area (Å²) in [6, 6.07) is 0. The molecule has 2 rings (SSSR count). The summed E-state index contributed by atoms with van der Waals surface area (Å²) in [5.41, 5.74) is -0.748. The lowest BCUT2D eigenvalue weighted by Gasteiger charge is -2.15. The maximum absolute atomic E-state index is 13.6. The Labute approximate surface area is 99.7 Å². The van der Waals surface area contributed by atoms with Crippen LogP contribution in [0.2, 0.25) is 0 Å². The van der Waals surface area contributed by atoms with Gasteiger partial charge in [-0.25, -0.2) is 13.6 Å². The number of nitrogens with one attached hydrogen (secondary N) is 1. The maximum Gasteiger partial charge on any atom is 0.328 e. The number of hydrogen-bond donors (Lipinski definition) is 2. The van der Waals surface area contributed by atoms with Crippen molar-refractivity contribution in [2.75, 3.05) is 6.61 Å². The van der Waals surface area contributed by atoms with Gasteiger partial charge < -0.3 is 9.84 Å². The summed E-state index contributed by atoms with van der Waals surface area (Å²) in [5, 5.41) is 8.84. The lowest BCUT2D eigenvalue weighted by Crippen LogP contribution is -2.31. The molecule has 0 saturated carbocycles. The standard InChI is InChI=1S/C9H10F2N2O3S/c10-5-1-4(3-14)16-8(5)13-2-6(11)7(17)12-9(13)15/h2,4-5,8,14H,1,3H2,(H,12,15,17). The summed E-state index contributed by atoms with van der Waals surface area (Å²) in [4.78, 5) is 13.6. The quantitative estimate of drug-likeness (QED) is 0.770. The lowest BCUT2D eigenvalue weighted by molar-refractivity contribution is -0.0398. The Bertz CT molecular complexity index is 530. The zero-order chi connectivity index (χ0) is 12.6. The first-order chi connectivity index (χ1) is 8.02. The van der Waals surface area contributed by atoms with Crippen molar-refractivity contribution >= 4 is 12.2 Å². The van der Waals surface area contributed by atoms with Gasteiger partial charge in [-0.15, -0.1) is 0 Å². The van der Waals surface area contributed by atoms with Crippen molar-refractivity contribution in [3.8, 4) is 0 Å². The second kappa shape index (κ2) is 4.63. The third kappa shape index (κ3) is 2.28. The van der Waals surface area contributed by atoms with E-state index in [1.165, 1.54) is 0 Å². The predicted molar refractivity (Wildman–Crippen MR) is 56.4 cm³/mol. The highest BCUT2D eigenvalue weighted by Crippen LogP contribution is 2.30. The van der Waals surface area contributed by atoms with Gasteiger partial charge in [0, 0.05) is 6.42 Å². The molecule has 94 valence electrons. The van der Waals surface area contributed by atoms with E-state index in [1.54, 1.807) is 0 Å². The fourth-order valence-electron chi connectivity index (χ4n) is 1.71. The third-order valence-corrected chi connectivity index (χ3v) is 2.83. The number of halogens is 2. The van der Waals surface area contributed by atoms with E-state index in [1.807, 2.05) is 0 Å². The van der Waals surface area contributed by atoms with Crippen molar-refractivity contribution in [3.05, 3.63) is 27.1 Å². The summed E-state index contributed by atoms with van der Waals surface area (Å²) >= 11 is 4.53. The van der Waals surface area contributed by atoms with Gasteiger partial charge in [0.25, 0.3) is 0 Å². The molecule has 1 aromatic rings. The van der Waals surface area contributed by atoms with Crippen LogP contribution in [0.3, 0.4) is 0 Å². The van der Waals surface area contributed by atoms with Gasteiger partial charge in [0.1, 0.15) is 10.8 Å². The van der Waals surface area contributed by atoms with E-state index in [-0.39, 0.29) is 17.7 Å². The van der Waals surface area contributed by atoms with E-state index in [0.29, 0.717) is 0 Å². The molecular formula is C9H10F2N2O3S. The summed E-state index contributed by atoms with van der Waals surface area (Å²) in [7, 11) is 0. The van der Waals surface area contributed by atoms with Crippen molar-refractivity contribution < 1.29 is 18.6 Å². The number of alkyl halides is 1. The number of H-pyrrole nitrogens is 1. The smallest absolute Gasteiger partial charge is 0.328 e. The fourth-order valence-corrected chi connectivity index (χ4v) is 1.85. The van der Waals surface area contributed by atoms with Gasteiger partial charge in [0.2, 0.25) is 0 Å². The highest BCUT2D eigenvalue weighted by atomic mass is 32.1. The van der Waals surface area contributed by atoms with Gasteiger partial charge in [-0.05, 0) is 0 Å². The maximum atomic E-state index is 13.6. The molecule has 17 heavy (non-hydrogen) atoms. The number of aromatic nitrogens is 2. The van der Waals surface area contributed by atoms with Crippen LogP contribution in [0, 0.1) is 10.5 Å². The highest BCUT2D eigenvalue weighted by molar-refractivity contribution is 7.71. The molecule has 1 aliphatic heterocycles. The highest BCUT2D eigenvalue weighted by Gasteiger charge is 2.37. The van der Waals surface area contributed by atoms with Gasteiger partial charge in [-0.3, -0.25) is 9.55 Å². The van der Waals surface area contributed by atoms with Crippen LogP contribution in [-0.4, -0.2) is 33.5 Å². The first-order valence-corrected chi connectivity index (χ1v) is 5.35. The van der Waals surface area contributed by atoms with E-state index in [9.17, 15) is 13.6 Å². The second-order valence-electron chi connectivity index (χ2n) is 3.73. The Hall–Kier alpha value is -1.12. The van der Waals surface area contributed by atoms with Gasteiger partial charge in [-0.1, -0.05) is 12.2 Å². The van der Waals surface area contributed by atoms with E-state index >= 15 is 0 Å². The molecule has 0 aromatic carbocycles. The molecule has 1 aromatic heterocycles. The van der Waals surface area contributed by atoms with Crippen LogP contribution in [0.15, 0.2) is 11.0 Å². The lowest BCUT2D eigenvalue weighted by atomic mass is 10.2. The van der Waals surface area contributed by atoms with E-state index in [4.69, 9.17) is 9.84 Å². The molecule has 3 unspecified atom stereocenters. The van der Waals surface area contributed by atoms with Crippen LogP contribution in [0.5, 0.6) is 0 Å². The summed E-state index contributed by atoms with van der Waals surface area (Å²) in [6.07, 6.45) is -2.63. The van der Waals surface area contributed by atoms with Crippen LogP contribution in [-0.2, 0) is 4.74 Å². The number of rotatable bonds is 2. The molecule has 0 amide bonds. The van der Waals surface area contributed by atoms with Crippen molar-refractivity contribution in [3.63, 3.8) is 0 Å². The number of ether oxygens (including phenoxy) is 1. The Kier molecular flexibility index (Phi) is 3.36. The average Bonchev–Trinajstić information content (AvgIpc) is 2.65. The van der Waals surface area contributed by atoms with Crippen LogP contribution < -0.4 is 5.69 Å². The van der Waals surface area contributed by atoms with Gasteiger partial charge in [0.05, 0.1) is 18.9 Å². The third-order valence-electron chi connectivity index (χ3n) is 2.53. The van der Waals surface area contributed by atoms with E-state index in [0.717, 1.165) is 10.8 Å². The summed E-state index contributed by atoms with van der Waals surface area (Å²) in [5.74, 6) is -0.831. The average molecular weight is 264 g/mol. The SMILES string of the molecule is O=c1[nH]c(=S)c(F)cn1C1OC(CO)CC1F.